The van der Waals surface area contributed by atoms with Crippen LogP contribution in [0.3, 0.4) is 0 Å². The molecule has 3 rings (SSSR count). The van der Waals surface area contributed by atoms with E-state index >= 15 is 0 Å². The summed E-state index contributed by atoms with van der Waals surface area (Å²) in [4.78, 5) is 13.6. The van der Waals surface area contributed by atoms with Crippen molar-refractivity contribution in [2.45, 2.75) is 23.4 Å². The molecule has 0 radical (unpaired) electrons. The number of amides is 1. The highest BCUT2D eigenvalue weighted by molar-refractivity contribution is 7.99. The zero-order chi connectivity index (χ0) is 14.7. The summed E-state index contributed by atoms with van der Waals surface area (Å²) >= 11 is 1.84. The summed E-state index contributed by atoms with van der Waals surface area (Å²) in [6, 6.07) is 17.2. The molecule has 0 spiro atoms. The standard InChI is InChI=1S/C17H18N2OS/c18-16(12-6-2-1-3-7-12)17(20)19-14-10-11-21-15-9-5-4-8-13(14)15/h1-9,14,16H,10-11,18H2,(H,19,20)/t14?,16-/m0/s1. The highest BCUT2D eigenvalue weighted by atomic mass is 32.2. The quantitative estimate of drug-likeness (QED) is 0.915. The lowest BCUT2D eigenvalue weighted by atomic mass is 10.0. The molecule has 1 amide bonds. The van der Waals surface area contributed by atoms with Crippen molar-refractivity contribution in [2.75, 3.05) is 5.75 Å². The third kappa shape index (κ3) is 3.12. The predicted molar refractivity (Wildman–Crippen MR) is 86.0 cm³/mol. The number of fused-ring (bicyclic) bond motifs is 1. The molecule has 0 saturated carbocycles. The first-order valence-electron chi connectivity index (χ1n) is 7.08. The van der Waals surface area contributed by atoms with Crippen LogP contribution in [0.15, 0.2) is 59.5 Å². The van der Waals surface area contributed by atoms with Gasteiger partial charge in [0.15, 0.2) is 0 Å². The normalized spacial score (nSPS) is 18.6. The van der Waals surface area contributed by atoms with E-state index in [2.05, 4.69) is 17.4 Å². The Labute approximate surface area is 128 Å². The Kier molecular flexibility index (Phi) is 4.27. The molecule has 2 aromatic rings. The number of hydrogen-bond acceptors (Lipinski definition) is 3. The zero-order valence-corrected chi connectivity index (χ0v) is 12.5. The number of rotatable bonds is 3. The largest absolute Gasteiger partial charge is 0.348 e. The molecule has 0 aromatic heterocycles. The molecular formula is C17H18N2OS. The van der Waals surface area contributed by atoms with E-state index in [9.17, 15) is 4.79 Å². The van der Waals surface area contributed by atoms with Crippen molar-refractivity contribution in [1.82, 2.24) is 5.32 Å². The summed E-state index contributed by atoms with van der Waals surface area (Å²) in [5.41, 5.74) is 8.10. The lowest BCUT2D eigenvalue weighted by Gasteiger charge is -2.27. The van der Waals surface area contributed by atoms with Crippen LogP contribution in [-0.4, -0.2) is 11.7 Å². The maximum Gasteiger partial charge on any atom is 0.241 e. The number of thioether (sulfide) groups is 1. The van der Waals surface area contributed by atoms with Crippen LogP contribution in [0.2, 0.25) is 0 Å². The SMILES string of the molecule is N[C@H](C(=O)NC1CCSc2ccccc21)c1ccccc1. The summed E-state index contributed by atoms with van der Waals surface area (Å²) in [5.74, 6) is 0.899. The van der Waals surface area contributed by atoms with Gasteiger partial charge in [-0.05, 0) is 23.6 Å². The maximum absolute atomic E-state index is 12.4. The van der Waals surface area contributed by atoms with Crippen molar-refractivity contribution in [3.63, 3.8) is 0 Å². The molecule has 1 unspecified atom stereocenters. The van der Waals surface area contributed by atoms with E-state index in [-0.39, 0.29) is 11.9 Å². The van der Waals surface area contributed by atoms with Crippen LogP contribution in [-0.2, 0) is 4.79 Å². The third-order valence-electron chi connectivity index (χ3n) is 3.72. The van der Waals surface area contributed by atoms with Gasteiger partial charge < -0.3 is 11.1 Å². The highest BCUT2D eigenvalue weighted by Gasteiger charge is 2.24. The van der Waals surface area contributed by atoms with Crippen molar-refractivity contribution < 1.29 is 4.79 Å². The number of nitrogens with two attached hydrogens (primary N) is 1. The van der Waals surface area contributed by atoms with Gasteiger partial charge in [0.05, 0.1) is 6.04 Å². The average molecular weight is 298 g/mol. The molecule has 0 fully saturated rings. The molecule has 0 saturated heterocycles. The van der Waals surface area contributed by atoms with Gasteiger partial charge in [-0.25, -0.2) is 0 Å². The van der Waals surface area contributed by atoms with Gasteiger partial charge in [0, 0.05) is 10.6 Å². The van der Waals surface area contributed by atoms with E-state index in [4.69, 9.17) is 5.73 Å². The molecule has 0 aliphatic carbocycles. The lowest BCUT2D eigenvalue weighted by Crippen LogP contribution is -2.37. The van der Waals surface area contributed by atoms with Gasteiger partial charge >= 0.3 is 0 Å². The highest BCUT2D eigenvalue weighted by Crippen LogP contribution is 2.35. The van der Waals surface area contributed by atoms with Crippen LogP contribution in [0.4, 0.5) is 0 Å². The predicted octanol–water partition coefficient (Wildman–Crippen LogP) is 3.04. The van der Waals surface area contributed by atoms with E-state index < -0.39 is 6.04 Å². The fourth-order valence-corrected chi connectivity index (χ4v) is 3.69. The summed E-state index contributed by atoms with van der Waals surface area (Å²) in [6.07, 6.45) is 0.939. The molecule has 108 valence electrons. The Bertz CT molecular complexity index is 630. The summed E-state index contributed by atoms with van der Waals surface area (Å²) in [6.45, 7) is 0. The van der Waals surface area contributed by atoms with Gasteiger partial charge in [-0.3, -0.25) is 4.79 Å². The second kappa shape index (κ2) is 6.33. The Morgan fingerprint density at radius 1 is 1.14 bits per heavy atom. The number of carbonyl (C=O) groups excluding carboxylic acids is 1. The van der Waals surface area contributed by atoms with Crippen molar-refractivity contribution in [2.24, 2.45) is 5.73 Å². The molecule has 4 heteroatoms. The molecule has 2 atom stereocenters. The number of hydrogen-bond donors (Lipinski definition) is 2. The average Bonchev–Trinajstić information content (AvgIpc) is 2.55. The van der Waals surface area contributed by atoms with Crippen molar-refractivity contribution in [1.29, 1.82) is 0 Å². The van der Waals surface area contributed by atoms with Gasteiger partial charge in [-0.15, -0.1) is 11.8 Å². The second-order valence-corrected chi connectivity index (χ2v) is 6.26. The first-order valence-corrected chi connectivity index (χ1v) is 8.07. The van der Waals surface area contributed by atoms with Crippen molar-refractivity contribution >= 4 is 17.7 Å². The van der Waals surface area contributed by atoms with Gasteiger partial charge in [0.1, 0.15) is 6.04 Å². The molecule has 1 heterocycles. The second-order valence-electron chi connectivity index (χ2n) is 5.12. The molecule has 2 aromatic carbocycles. The van der Waals surface area contributed by atoms with Crippen LogP contribution >= 0.6 is 11.8 Å². The Morgan fingerprint density at radius 2 is 1.86 bits per heavy atom. The van der Waals surface area contributed by atoms with E-state index in [1.54, 1.807) is 0 Å². The van der Waals surface area contributed by atoms with Crippen LogP contribution in [0.5, 0.6) is 0 Å². The zero-order valence-electron chi connectivity index (χ0n) is 11.7. The fourth-order valence-electron chi connectivity index (χ4n) is 2.57. The van der Waals surface area contributed by atoms with Gasteiger partial charge in [0.25, 0.3) is 0 Å². The van der Waals surface area contributed by atoms with Crippen LogP contribution in [0.25, 0.3) is 0 Å². The molecule has 1 aliphatic rings. The van der Waals surface area contributed by atoms with Crippen LogP contribution < -0.4 is 11.1 Å². The van der Waals surface area contributed by atoms with Gasteiger partial charge in [-0.2, -0.15) is 0 Å². The summed E-state index contributed by atoms with van der Waals surface area (Å²) in [5, 5.41) is 3.10. The molecule has 3 N–H and O–H groups in total. The van der Waals surface area contributed by atoms with E-state index in [0.29, 0.717) is 0 Å². The van der Waals surface area contributed by atoms with E-state index in [0.717, 1.165) is 17.7 Å². The van der Waals surface area contributed by atoms with E-state index in [1.807, 2.05) is 54.2 Å². The summed E-state index contributed by atoms with van der Waals surface area (Å²) in [7, 11) is 0. The number of benzene rings is 2. The minimum atomic E-state index is -0.618. The summed E-state index contributed by atoms with van der Waals surface area (Å²) < 4.78 is 0. The molecule has 21 heavy (non-hydrogen) atoms. The van der Waals surface area contributed by atoms with Gasteiger partial charge in [0.2, 0.25) is 5.91 Å². The number of nitrogens with one attached hydrogen (secondary N) is 1. The fraction of sp³-hybridized carbons (Fsp3) is 0.235. The van der Waals surface area contributed by atoms with Gasteiger partial charge in [-0.1, -0.05) is 48.5 Å². The molecule has 0 bridgehead atoms. The van der Waals surface area contributed by atoms with Crippen LogP contribution in [0, 0.1) is 0 Å². The Balaban J connectivity index is 1.74. The maximum atomic E-state index is 12.4. The lowest BCUT2D eigenvalue weighted by molar-refractivity contribution is -0.123. The smallest absolute Gasteiger partial charge is 0.241 e. The molecule has 1 aliphatic heterocycles. The Hall–Kier alpha value is -1.78. The van der Waals surface area contributed by atoms with Crippen molar-refractivity contribution in [3.8, 4) is 0 Å². The Morgan fingerprint density at radius 3 is 2.67 bits per heavy atom. The van der Waals surface area contributed by atoms with Crippen molar-refractivity contribution in [3.05, 3.63) is 65.7 Å². The van der Waals surface area contributed by atoms with Crippen LogP contribution in [0.1, 0.15) is 29.6 Å². The minimum Gasteiger partial charge on any atom is -0.348 e. The molecular weight excluding hydrogens is 280 g/mol. The first kappa shape index (κ1) is 14.2. The minimum absolute atomic E-state index is 0.0599. The first-order chi connectivity index (χ1) is 10.3. The monoisotopic (exact) mass is 298 g/mol. The third-order valence-corrected chi connectivity index (χ3v) is 4.84. The number of carbonyl (C=O) groups is 1. The van der Waals surface area contributed by atoms with E-state index in [1.165, 1.54) is 10.5 Å². The topological polar surface area (TPSA) is 55.1 Å². The molecule has 3 nitrogen and oxygen atoms in total.